The van der Waals surface area contributed by atoms with Crippen molar-refractivity contribution < 1.29 is 4.79 Å². The molecule has 148 valence electrons. The second-order valence-electron chi connectivity index (χ2n) is 8.04. The molecule has 2 aromatic rings. The second-order valence-corrected chi connectivity index (χ2v) is 8.04. The molecule has 0 aliphatic carbocycles. The van der Waals surface area contributed by atoms with Crippen LogP contribution in [-0.4, -0.2) is 48.4 Å². The average molecular weight is 378 g/mol. The summed E-state index contributed by atoms with van der Waals surface area (Å²) in [6, 6.07) is 18.9. The summed E-state index contributed by atoms with van der Waals surface area (Å²) in [5.74, 6) is 0.238. The number of carbonyl (C=O) groups excluding carboxylic acids is 1. The van der Waals surface area contributed by atoms with Gasteiger partial charge in [-0.15, -0.1) is 0 Å². The van der Waals surface area contributed by atoms with Gasteiger partial charge in [0, 0.05) is 31.9 Å². The maximum absolute atomic E-state index is 13.1. The van der Waals surface area contributed by atoms with Gasteiger partial charge in [0.05, 0.1) is 6.54 Å². The van der Waals surface area contributed by atoms with Crippen LogP contribution in [-0.2, 0) is 17.9 Å². The van der Waals surface area contributed by atoms with Crippen molar-refractivity contribution in [3.63, 3.8) is 0 Å². The highest BCUT2D eigenvalue weighted by molar-refractivity contribution is 5.83. The summed E-state index contributed by atoms with van der Waals surface area (Å²) in [5.41, 5.74) is 3.68. The van der Waals surface area contributed by atoms with Gasteiger partial charge in [0.2, 0.25) is 5.91 Å². The number of hydrogen-bond acceptors (Lipinski definition) is 3. The molecule has 0 spiro atoms. The first-order chi connectivity index (χ1) is 13.8. The lowest BCUT2D eigenvalue weighted by Crippen LogP contribution is -2.41. The van der Waals surface area contributed by atoms with Crippen LogP contribution < -0.4 is 4.90 Å². The largest absolute Gasteiger partial charge is 0.358 e. The number of likely N-dealkylation sites (tertiary alicyclic amines) is 1. The third-order valence-corrected chi connectivity index (χ3v) is 5.97. The first kappa shape index (κ1) is 19.0. The van der Waals surface area contributed by atoms with Crippen LogP contribution in [0.5, 0.6) is 0 Å². The van der Waals surface area contributed by atoms with E-state index >= 15 is 0 Å². The van der Waals surface area contributed by atoms with Crippen LogP contribution in [0.15, 0.2) is 54.6 Å². The molecule has 1 amide bonds. The van der Waals surface area contributed by atoms with Crippen LogP contribution in [0.3, 0.4) is 0 Å². The molecule has 1 fully saturated rings. The molecule has 0 bridgehead atoms. The molecule has 0 aromatic heterocycles. The topological polar surface area (TPSA) is 26.8 Å². The van der Waals surface area contributed by atoms with Crippen molar-refractivity contribution >= 4 is 11.6 Å². The van der Waals surface area contributed by atoms with E-state index in [2.05, 4.69) is 63.2 Å². The Balaban J connectivity index is 1.47. The molecule has 4 heteroatoms. The minimum atomic E-state index is 0.238. The second kappa shape index (κ2) is 9.24. The van der Waals surface area contributed by atoms with Crippen LogP contribution in [0.4, 0.5) is 5.69 Å². The number of para-hydroxylation sites is 1. The minimum absolute atomic E-state index is 0.238. The molecule has 2 aromatic carbocycles. The van der Waals surface area contributed by atoms with Crippen molar-refractivity contribution in [2.75, 3.05) is 37.6 Å². The quantitative estimate of drug-likeness (QED) is 0.790. The highest BCUT2D eigenvalue weighted by Crippen LogP contribution is 2.27. The number of amides is 1. The molecular weight excluding hydrogens is 346 g/mol. The van der Waals surface area contributed by atoms with E-state index in [9.17, 15) is 4.79 Å². The highest BCUT2D eigenvalue weighted by atomic mass is 16.2. The predicted octanol–water partition coefficient (Wildman–Crippen LogP) is 3.91. The fourth-order valence-corrected chi connectivity index (χ4v) is 4.37. The Morgan fingerprint density at radius 2 is 1.43 bits per heavy atom. The highest BCUT2D eigenvalue weighted by Gasteiger charge is 2.25. The molecule has 0 N–H and O–H groups in total. The molecule has 0 unspecified atom stereocenters. The Morgan fingerprint density at radius 3 is 2.21 bits per heavy atom. The van der Waals surface area contributed by atoms with Crippen LogP contribution in [0.1, 0.15) is 36.8 Å². The monoisotopic (exact) mass is 377 g/mol. The van der Waals surface area contributed by atoms with Gasteiger partial charge < -0.3 is 14.7 Å². The molecule has 2 heterocycles. The van der Waals surface area contributed by atoms with E-state index in [1.54, 1.807) is 0 Å². The SMILES string of the molecule is O=C1CN(Cc2ccccc2)c2ccccc2CN1CCN1CCCCCC1. The summed E-state index contributed by atoms with van der Waals surface area (Å²) in [4.78, 5) is 19.9. The minimum Gasteiger partial charge on any atom is -0.358 e. The number of anilines is 1. The van der Waals surface area contributed by atoms with Gasteiger partial charge in [0.1, 0.15) is 0 Å². The van der Waals surface area contributed by atoms with Crippen molar-refractivity contribution in [2.24, 2.45) is 0 Å². The average Bonchev–Trinajstić information content (AvgIpc) is 3.06. The number of carbonyl (C=O) groups is 1. The van der Waals surface area contributed by atoms with Gasteiger partial charge in [-0.3, -0.25) is 4.79 Å². The molecule has 2 aliphatic heterocycles. The number of rotatable bonds is 5. The van der Waals surface area contributed by atoms with Gasteiger partial charge in [0.25, 0.3) is 0 Å². The van der Waals surface area contributed by atoms with Crippen molar-refractivity contribution in [3.8, 4) is 0 Å². The predicted molar refractivity (Wildman–Crippen MR) is 114 cm³/mol. The summed E-state index contributed by atoms with van der Waals surface area (Å²) in [7, 11) is 0. The number of fused-ring (bicyclic) bond motifs is 1. The van der Waals surface area contributed by atoms with Gasteiger partial charge in [-0.25, -0.2) is 0 Å². The molecule has 0 radical (unpaired) electrons. The molecular formula is C24H31N3O. The Labute approximate surface area is 168 Å². The van der Waals surface area contributed by atoms with Crippen LogP contribution in [0.25, 0.3) is 0 Å². The van der Waals surface area contributed by atoms with Gasteiger partial charge in [-0.05, 0) is 43.1 Å². The fraction of sp³-hybridized carbons (Fsp3) is 0.458. The third kappa shape index (κ3) is 4.74. The van der Waals surface area contributed by atoms with Gasteiger partial charge in [0.15, 0.2) is 0 Å². The van der Waals surface area contributed by atoms with Crippen molar-refractivity contribution in [1.29, 1.82) is 0 Å². The van der Waals surface area contributed by atoms with E-state index in [0.717, 1.165) is 19.6 Å². The van der Waals surface area contributed by atoms with E-state index in [-0.39, 0.29) is 5.91 Å². The van der Waals surface area contributed by atoms with E-state index < -0.39 is 0 Å². The van der Waals surface area contributed by atoms with Crippen molar-refractivity contribution in [3.05, 3.63) is 65.7 Å². The van der Waals surface area contributed by atoms with E-state index in [0.29, 0.717) is 13.1 Å². The maximum atomic E-state index is 13.1. The molecule has 28 heavy (non-hydrogen) atoms. The van der Waals surface area contributed by atoms with Gasteiger partial charge >= 0.3 is 0 Å². The fourth-order valence-electron chi connectivity index (χ4n) is 4.37. The van der Waals surface area contributed by atoms with Crippen LogP contribution in [0.2, 0.25) is 0 Å². The van der Waals surface area contributed by atoms with E-state index in [1.165, 1.54) is 55.6 Å². The van der Waals surface area contributed by atoms with E-state index in [4.69, 9.17) is 0 Å². The van der Waals surface area contributed by atoms with E-state index in [1.807, 2.05) is 6.07 Å². The smallest absolute Gasteiger partial charge is 0.242 e. The zero-order chi connectivity index (χ0) is 19.2. The third-order valence-electron chi connectivity index (χ3n) is 5.97. The Morgan fingerprint density at radius 1 is 0.714 bits per heavy atom. The van der Waals surface area contributed by atoms with Crippen molar-refractivity contribution in [2.45, 2.75) is 38.8 Å². The van der Waals surface area contributed by atoms with Gasteiger partial charge in [-0.1, -0.05) is 61.4 Å². The summed E-state index contributed by atoms with van der Waals surface area (Å²) in [6.45, 7) is 6.11. The molecule has 4 rings (SSSR count). The summed E-state index contributed by atoms with van der Waals surface area (Å²) >= 11 is 0. The molecule has 1 saturated heterocycles. The Kier molecular flexibility index (Phi) is 6.27. The summed E-state index contributed by atoms with van der Waals surface area (Å²) < 4.78 is 0. The molecule has 0 atom stereocenters. The Hall–Kier alpha value is -2.33. The standard InChI is InChI=1S/C24H31N3O/c28-24-20-27(18-21-10-4-3-5-11-21)23-13-7-6-12-22(23)19-26(24)17-16-25-14-8-1-2-9-15-25/h3-7,10-13H,1-2,8-9,14-20H2. The molecule has 0 saturated carbocycles. The number of hydrogen-bond donors (Lipinski definition) is 0. The normalized spacial score (nSPS) is 18.5. The lowest BCUT2D eigenvalue weighted by atomic mass is 10.1. The summed E-state index contributed by atoms with van der Waals surface area (Å²) in [6.07, 6.45) is 5.28. The zero-order valence-electron chi connectivity index (χ0n) is 16.7. The summed E-state index contributed by atoms with van der Waals surface area (Å²) in [5, 5.41) is 0. The van der Waals surface area contributed by atoms with Crippen molar-refractivity contribution in [1.82, 2.24) is 9.80 Å². The number of benzene rings is 2. The van der Waals surface area contributed by atoms with Crippen LogP contribution in [0, 0.1) is 0 Å². The Bertz CT molecular complexity index is 768. The maximum Gasteiger partial charge on any atom is 0.242 e. The molecule has 2 aliphatic rings. The lowest BCUT2D eigenvalue weighted by molar-refractivity contribution is -0.130. The van der Waals surface area contributed by atoms with Crippen LogP contribution >= 0.6 is 0 Å². The lowest BCUT2D eigenvalue weighted by Gasteiger charge is -2.26. The number of nitrogens with zero attached hydrogens (tertiary/aromatic N) is 3. The zero-order valence-corrected chi connectivity index (χ0v) is 16.7. The first-order valence-electron chi connectivity index (χ1n) is 10.7. The first-order valence-corrected chi connectivity index (χ1v) is 10.7. The molecule has 4 nitrogen and oxygen atoms in total. The van der Waals surface area contributed by atoms with Gasteiger partial charge in [-0.2, -0.15) is 0 Å².